The molecule has 11 nitrogen and oxygen atoms in total. The SMILES string of the molecule is C=C(F)C(=O)N1CC2(CCN(c3nc(N4CCC5(CCN(CCOC)CC5)CC4)nc4c(OCC(F)(F)F)c(-c5c(C)ccc6[nH]ncc56)c(C5CC5)cc34)CC2)C1. The van der Waals surface area contributed by atoms with Crippen molar-refractivity contribution in [3.63, 3.8) is 0 Å². The summed E-state index contributed by atoms with van der Waals surface area (Å²) in [5, 5.41) is 8.84. The fourth-order valence-electron chi connectivity index (χ4n) is 10.1. The molecule has 1 saturated carbocycles. The van der Waals surface area contributed by atoms with Gasteiger partial charge in [-0.1, -0.05) is 12.6 Å². The maximum absolute atomic E-state index is 14.2. The van der Waals surface area contributed by atoms with Gasteiger partial charge in [0.2, 0.25) is 5.95 Å². The molecule has 1 aliphatic carbocycles. The Labute approximate surface area is 335 Å². The van der Waals surface area contributed by atoms with E-state index in [9.17, 15) is 22.4 Å². The molecule has 0 atom stereocenters. The topological polar surface area (TPSA) is 103 Å². The predicted molar refractivity (Wildman–Crippen MR) is 215 cm³/mol. The van der Waals surface area contributed by atoms with Gasteiger partial charge in [0.25, 0.3) is 5.91 Å². The zero-order chi connectivity index (χ0) is 40.4. The minimum atomic E-state index is -4.58. The van der Waals surface area contributed by atoms with Crippen molar-refractivity contribution >= 4 is 39.5 Å². The summed E-state index contributed by atoms with van der Waals surface area (Å²) in [5.41, 5.74) is 4.55. The van der Waals surface area contributed by atoms with Crippen molar-refractivity contribution in [2.45, 2.75) is 70.4 Å². The number of ether oxygens (including phenoxy) is 2. The summed E-state index contributed by atoms with van der Waals surface area (Å²) in [5.74, 6) is -0.142. The van der Waals surface area contributed by atoms with Crippen molar-refractivity contribution < 1.29 is 31.8 Å². The lowest BCUT2D eigenvalue weighted by Gasteiger charge is -2.54. The summed E-state index contributed by atoms with van der Waals surface area (Å²) in [6, 6.07) is 6.02. The van der Waals surface area contributed by atoms with Crippen molar-refractivity contribution in [3.8, 4) is 16.9 Å². The average Bonchev–Trinajstić information content (AvgIpc) is 3.94. The van der Waals surface area contributed by atoms with Crippen LogP contribution in [0.3, 0.4) is 0 Å². The second-order valence-electron chi connectivity index (χ2n) is 17.6. The van der Waals surface area contributed by atoms with Crippen LogP contribution in [0.1, 0.15) is 68.4 Å². The highest BCUT2D eigenvalue weighted by atomic mass is 19.4. The molecule has 2 spiro atoms. The Bertz CT molecular complexity index is 2200. The lowest BCUT2D eigenvalue weighted by molar-refractivity contribution is -0.153. The van der Waals surface area contributed by atoms with Crippen molar-refractivity contribution in [1.29, 1.82) is 0 Å². The van der Waals surface area contributed by atoms with Crippen LogP contribution in [0.15, 0.2) is 36.8 Å². The molecule has 9 rings (SSSR count). The van der Waals surface area contributed by atoms with E-state index in [1.54, 1.807) is 13.3 Å². The van der Waals surface area contributed by atoms with Gasteiger partial charge in [-0.3, -0.25) is 9.89 Å². The first-order valence-electron chi connectivity index (χ1n) is 20.7. The first-order valence-corrected chi connectivity index (χ1v) is 20.7. The molecule has 4 aliphatic heterocycles. The van der Waals surface area contributed by atoms with Crippen LogP contribution >= 0.6 is 0 Å². The average molecular weight is 805 g/mol. The number of aromatic amines is 1. The summed E-state index contributed by atoms with van der Waals surface area (Å²) in [6.45, 7) is 11.1. The number of aryl methyl sites for hydroxylation is 1. The molecule has 15 heteroatoms. The molecule has 0 radical (unpaired) electrons. The molecule has 1 amide bonds. The van der Waals surface area contributed by atoms with E-state index < -0.39 is 24.5 Å². The molecule has 4 aromatic rings. The standard InChI is InChI=1S/C43H52F4N8O3/c1-27-4-7-33-32(23-48-51-33)34(27)35-30(29-5-6-29)22-31-36(37(35)58-26-43(45,46)47)49-40(54-18-10-41(11-19-54)8-14-52(15-9-41)20-21-57-3)50-38(31)53-16-12-42(13-17-53)24-55(25-42)39(56)28(2)44/h4,7,22-23,29H,2,5-6,8-21,24-26H2,1,3H3,(H,48,51). The largest absolute Gasteiger partial charge is 0.481 e. The highest BCUT2D eigenvalue weighted by Gasteiger charge is 2.48. The molecule has 0 bridgehead atoms. The van der Waals surface area contributed by atoms with Gasteiger partial charge in [-0.2, -0.15) is 23.3 Å². The Morgan fingerprint density at radius 1 is 0.931 bits per heavy atom. The van der Waals surface area contributed by atoms with E-state index in [1.165, 1.54) is 4.90 Å². The van der Waals surface area contributed by atoms with Crippen LogP contribution in [0.25, 0.3) is 32.9 Å². The summed E-state index contributed by atoms with van der Waals surface area (Å²) < 4.78 is 67.7. The van der Waals surface area contributed by atoms with Crippen LogP contribution < -0.4 is 14.5 Å². The molecular formula is C43H52F4N8O3. The highest BCUT2D eigenvalue weighted by Crippen LogP contribution is 2.54. The quantitative estimate of drug-likeness (QED) is 0.129. The van der Waals surface area contributed by atoms with Gasteiger partial charge in [0.1, 0.15) is 11.3 Å². The Balaban J connectivity index is 1.13. The molecule has 2 aromatic heterocycles. The first kappa shape index (κ1) is 39.0. The number of fused-ring (bicyclic) bond motifs is 2. The molecule has 4 saturated heterocycles. The zero-order valence-corrected chi connectivity index (χ0v) is 33.4. The predicted octanol–water partition coefficient (Wildman–Crippen LogP) is 7.54. The number of benzene rings is 2. The van der Waals surface area contributed by atoms with Gasteiger partial charge >= 0.3 is 6.18 Å². The van der Waals surface area contributed by atoms with Crippen molar-refractivity contribution in [3.05, 3.63) is 47.9 Å². The van der Waals surface area contributed by atoms with Crippen LogP contribution in [-0.2, 0) is 9.53 Å². The number of hydrogen-bond acceptors (Lipinski definition) is 9. The molecule has 0 unspecified atom stereocenters. The van der Waals surface area contributed by atoms with E-state index >= 15 is 0 Å². The number of aromatic nitrogens is 4. The van der Waals surface area contributed by atoms with E-state index in [0.717, 1.165) is 118 Å². The van der Waals surface area contributed by atoms with Crippen LogP contribution in [0.2, 0.25) is 0 Å². The van der Waals surface area contributed by atoms with Gasteiger partial charge in [-0.15, -0.1) is 0 Å². The number of halogens is 4. The number of carbonyl (C=O) groups excluding carboxylic acids is 1. The summed E-state index contributed by atoms with van der Waals surface area (Å²) in [6.07, 6.45) is 4.71. The van der Waals surface area contributed by atoms with Gasteiger partial charge in [0.05, 0.1) is 18.3 Å². The molecule has 1 N–H and O–H groups in total. The monoisotopic (exact) mass is 804 g/mol. The van der Waals surface area contributed by atoms with Crippen molar-refractivity contribution in [2.24, 2.45) is 10.8 Å². The van der Waals surface area contributed by atoms with Crippen LogP contribution in [0.4, 0.5) is 29.3 Å². The minimum absolute atomic E-state index is 0.123. The molecule has 5 aliphatic rings. The van der Waals surface area contributed by atoms with Crippen LogP contribution in [-0.4, -0.2) is 121 Å². The number of alkyl halides is 3. The van der Waals surface area contributed by atoms with Crippen molar-refractivity contribution in [2.75, 3.05) is 89.0 Å². The first-order chi connectivity index (χ1) is 27.8. The van der Waals surface area contributed by atoms with Gasteiger partial charge < -0.3 is 29.1 Å². The maximum Gasteiger partial charge on any atom is 0.422 e. The third-order valence-electron chi connectivity index (χ3n) is 13.8. The smallest absolute Gasteiger partial charge is 0.422 e. The van der Waals surface area contributed by atoms with Gasteiger partial charge in [-0.05, 0) is 112 Å². The normalized spacial score (nSPS) is 21.0. The number of H-pyrrole nitrogens is 1. The lowest BCUT2D eigenvalue weighted by atomic mass is 9.71. The molecule has 310 valence electrons. The van der Waals surface area contributed by atoms with Gasteiger partial charge in [-0.25, -0.2) is 9.37 Å². The fraction of sp³-hybridized carbons (Fsp3) is 0.581. The molecule has 2 aromatic carbocycles. The third-order valence-corrected chi connectivity index (χ3v) is 13.8. The number of piperidine rings is 3. The van der Waals surface area contributed by atoms with E-state index in [4.69, 9.17) is 19.4 Å². The summed E-state index contributed by atoms with van der Waals surface area (Å²) in [7, 11) is 1.74. The number of methoxy groups -OCH3 is 1. The van der Waals surface area contributed by atoms with Crippen LogP contribution in [0, 0.1) is 17.8 Å². The Kier molecular flexibility index (Phi) is 10.1. The molecular weight excluding hydrogens is 753 g/mol. The van der Waals surface area contributed by atoms with Crippen molar-refractivity contribution in [1.82, 2.24) is 30.0 Å². The Morgan fingerprint density at radius 2 is 1.60 bits per heavy atom. The van der Waals surface area contributed by atoms with E-state index in [-0.39, 0.29) is 22.5 Å². The molecule has 58 heavy (non-hydrogen) atoms. The number of nitrogens with zero attached hydrogens (tertiary/aromatic N) is 7. The number of likely N-dealkylation sites (tertiary alicyclic amines) is 2. The Morgan fingerprint density at radius 3 is 2.26 bits per heavy atom. The van der Waals surface area contributed by atoms with Crippen LogP contribution in [0.5, 0.6) is 5.75 Å². The van der Waals surface area contributed by atoms with E-state index in [0.29, 0.717) is 54.4 Å². The van der Waals surface area contributed by atoms with Gasteiger partial charge in [0.15, 0.2) is 18.2 Å². The molecule has 5 fully saturated rings. The zero-order valence-electron chi connectivity index (χ0n) is 33.4. The maximum atomic E-state index is 14.2. The number of rotatable bonds is 10. The second kappa shape index (κ2) is 15.0. The lowest BCUT2D eigenvalue weighted by Crippen LogP contribution is -2.62. The van der Waals surface area contributed by atoms with Gasteiger partial charge in [0, 0.05) is 74.7 Å². The number of amides is 1. The summed E-state index contributed by atoms with van der Waals surface area (Å²) in [4.78, 5) is 31.2. The fourth-order valence-corrected chi connectivity index (χ4v) is 10.1. The third kappa shape index (κ3) is 7.37. The number of hydrogen-bond donors (Lipinski definition) is 1. The minimum Gasteiger partial charge on any atom is -0.481 e. The summed E-state index contributed by atoms with van der Waals surface area (Å²) >= 11 is 0. The number of anilines is 2. The molecule has 6 heterocycles. The van der Waals surface area contributed by atoms with E-state index in [2.05, 4.69) is 37.5 Å². The highest BCUT2D eigenvalue weighted by molar-refractivity contribution is 6.06. The van der Waals surface area contributed by atoms with E-state index in [1.807, 2.05) is 19.1 Å². The Hall–Kier alpha value is -4.50. The second-order valence-corrected chi connectivity index (χ2v) is 17.6. The number of nitrogens with one attached hydrogen (secondary N) is 1. The number of carbonyl (C=O) groups is 1.